The molecule has 0 aliphatic carbocycles. The van der Waals surface area contributed by atoms with E-state index in [4.69, 9.17) is 0 Å². The summed E-state index contributed by atoms with van der Waals surface area (Å²) in [6.45, 7) is 5.09. The summed E-state index contributed by atoms with van der Waals surface area (Å²) in [6.07, 6.45) is 3.48. The summed E-state index contributed by atoms with van der Waals surface area (Å²) in [6, 6.07) is 8.43. The Morgan fingerprint density at radius 2 is 1.75 bits per heavy atom. The van der Waals surface area contributed by atoms with Crippen molar-refractivity contribution in [1.29, 1.82) is 0 Å². The minimum absolute atomic E-state index is 0.900. The van der Waals surface area contributed by atoms with Crippen molar-refractivity contribution in [1.82, 2.24) is 0 Å². The van der Waals surface area contributed by atoms with E-state index in [2.05, 4.69) is 48.1 Å². The van der Waals surface area contributed by atoms with Crippen molar-refractivity contribution in [3.05, 3.63) is 35.4 Å². The summed E-state index contributed by atoms with van der Waals surface area (Å²) in [5, 5.41) is 0. The second-order valence-electron chi connectivity index (χ2n) is 4.38. The van der Waals surface area contributed by atoms with Crippen molar-refractivity contribution in [2.75, 3.05) is 6.54 Å². The smallest absolute Gasteiger partial charge is 0.154 e. The van der Waals surface area contributed by atoms with Crippen molar-refractivity contribution in [2.45, 2.75) is 33.1 Å². The number of aryl methyl sites for hydroxylation is 1. The molecule has 1 aliphatic rings. The number of hydrogen-bond donors (Lipinski definition) is 0. The third-order valence-electron chi connectivity index (χ3n) is 2.81. The van der Waals surface area contributed by atoms with Gasteiger partial charge in [0.1, 0.15) is 0 Å². The first kappa shape index (κ1) is 11.1. The molecule has 84 valence electrons. The van der Waals surface area contributed by atoms with Gasteiger partial charge in [0, 0.05) is 17.8 Å². The lowest BCUT2D eigenvalue weighted by Crippen LogP contribution is -2.06. The van der Waals surface area contributed by atoms with E-state index < -0.39 is 0 Å². The molecule has 1 aliphatic heterocycles. The molecule has 1 aromatic rings. The van der Waals surface area contributed by atoms with Gasteiger partial charge in [0.2, 0.25) is 0 Å². The predicted molar refractivity (Wildman–Crippen MR) is 69.5 cm³/mol. The van der Waals surface area contributed by atoms with Crippen LogP contribution in [0.4, 0.5) is 0 Å². The number of hydrogen-bond acceptors (Lipinski definition) is 2. The maximum Gasteiger partial charge on any atom is 0.154 e. The van der Waals surface area contributed by atoms with Crippen molar-refractivity contribution in [3.63, 3.8) is 0 Å². The maximum atomic E-state index is 4.60. The van der Waals surface area contributed by atoms with Crippen molar-refractivity contribution in [3.8, 4) is 0 Å². The first-order valence-electron chi connectivity index (χ1n) is 5.91. The molecule has 0 unspecified atom stereocenters. The summed E-state index contributed by atoms with van der Waals surface area (Å²) in [4.78, 5) is 9.17. The number of amidine groups is 1. The monoisotopic (exact) mass is 214 g/mol. The van der Waals surface area contributed by atoms with E-state index in [-0.39, 0.29) is 0 Å². The fraction of sp³-hybridized carbons (Fsp3) is 0.429. The maximum absolute atomic E-state index is 4.60. The van der Waals surface area contributed by atoms with Crippen molar-refractivity contribution >= 4 is 11.5 Å². The minimum Gasteiger partial charge on any atom is -0.266 e. The van der Waals surface area contributed by atoms with Gasteiger partial charge in [-0.1, -0.05) is 29.8 Å². The zero-order chi connectivity index (χ0) is 11.4. The molecule has 1 aromatic carbocycles. The van der Waals surface area contributed by atoms with Crippen LogP contribution in [0.25, 0.3) is 0 Å². The normalized spacial score (nSPS) is 23.6. The molecule has 0 radical (unpaired) electrons. The Labute approximate surface area is 97.1 Å². The van der Waals surface area contributed by atoms with Crippen LogP contribution in [0.2, 0.25) is 0 Å². The Morgan fingerprint density at radius 3 is 2.50 bits per heavy atom. The van der Waals surface area contributed by atoms with Crippen LogP contribution in [-0.4, -0.2) is 18.1 Å². The van der Waals surface area contributed by atoms with Crippen LogP contribution in [0.1, 0.15) is 37.3 Å². The van der Waals surface area contributed by atoms with Gasteiger partial charge in [-0.25, -0.2) is 4.99 Å². The highest BCUT2D eigenvalue weighted by Crippen LogP contribution is 2.10. The second kappa shape index (κ2) is 5.06. The molecule has 1 heterocycles. The largest absolute Gasteiger partial charge is 0.266 e. The molecule has 2 nitrogen and oxygen atoms in total. The van der Waals surface area contributed by atoms with Crippen LogP contribution in [0.5, 0.6) is 0 Å². The first-order chi connectivity index (χ1) is 7.75. The number of aliphatic imine (C=N–C) groups is 2. The van der Waals surface area contributed by atoms with E-state index in [9.17, 15) is 0 Å². The number of benzene rings is 1. The molecular formula is C14H18N2. The van der Waals surface area contributed by atoms with Crippen molar-refractivity contribution < 1.29 is 0 Å². The first-order valence-corrected chi connectivity index (χ1v) is 5.91. The van der Waals surface area contributed by atoms with E-state index in [1.807, 2.05) is 0 Å². The summed E-state index contributed by atoms with van der Waals surface area (Å²) in [7, 11) is 0. The number of nitrogens with zero attached hydrogens (tertiary/aromatic N) is 2. The third kappa shape index (κ3) is 2.78. The Morgan fingerprint density at radius 1 is 1.00 bits per heavy atom. The zero-order valence-electron chi connectivity index (χ0n) is 10.0. The van der Waals surface area contributed by atoms with E-state index in [0.717, 1.165) is 24.4 Å². The van der Waals surface area contributed by atoms with Gasteiger partial charge in [0.15, 0.2) is 5.84 Å². The molecule has 0 atom stereocenters. The summed E-state index contributed by atoms with van der Waals surface area (Å²) in [5.41, 5.74) is 3.60. The van der Waals surface area contributed by atoms with Crippen LogP contribution in [-0.2, 0) is 0 Å². The van der Waals surface area contributed by atoms with E-state index in [1.54, 1.807) is 0 Å². The third-order valence-corrected chi connectivity index (χ3v) is 2.81. The Bertz CT molecular complexity index is 413. The highest BCUT2D eigenvalue weighted by molar-refractivity contribution is 6.06. The molecular weight excluding hydrogens is 196 g/mol. The molecule has 16 heavy (non-hydrogen) atoms. The Kier molecular flexibility index (Phi) is 3.50. The summed E-state index contributed by atoms with van der Waals surface area (Å²) >= 11 is 0. The van der Waals surface area contributed by atoms with Gasteiger partial charge in [-0.15, -0.1) is 0 Å². The molecule has 0 amide bonds. The summed E-state index contributed by atoms with van der Waals surface area (Å²) < 4.78 is 0. The SMILES string of the molecule is C/C1=N/C(c2ccc(C)cc2)=N\CCCC1. The molecule has 0 saturated heterocycles. The molecule has 0 saturated carbocycles. The van der Waals surface area contributed by atoms with Crippen molar-refractivity contribution in [2.24, 2.45) is 9.98 Å². The van der Waals surface area contributed by atoms with Gasteiger partial charge in [-0.2, -0.15) is 0 Å². The number of rotatable bonds is 1. The van der Waals surface area contributed by atoms with Crippen LogP contribution in [0.15, 0.2) is 34.3 Å². The average Bonchev–Trinajstić information content (AvgIpc) is 2.24. The Hall–Kier alpha value is -1.44. The van der Waals surface area contributed by atoms with Gasteiger partial charge < -0.3 is 0 Å². The average molecular weight is 214 g/mol. The standard InChI is InChI=1S/C14H18N2/c1-11-6-8-13(9-7-11)14-15-10-4-3-5-12(2)16-14/h6-9H,3-5,10H2,1-2H3/b15-14-,16-12-. The van der Waals surface area contributed by atoms with Gasteiger partial charge in [-0.3, -0.25) is 4.99 Å². The molecule has 2 rings (SSSR count). The lowest BCUT2D eigenvalue weighted by molar-refractivity contribution is 0.766. The minimum atomic E-state index is 0.900. The molecule has 0 spiro atoms. The van der Waals surface area contributed by atoms with Gasteiger partial charge in [0.25, 0.3) is 0 Å². The molecule has 0 fully saturated rings. The van der Waals surface area contributed by atoms with E-state index in [0.29, 0.717) is 0 Å². The van der Waals surface area contributed by atoms with Crippen LogP contribution in [0.3, 0.4) is 0 Å². The summed E-state index contributed by atoms with van der Waals surface area (Å²) in [5.74, 6) is 0.900. The van der Waals surface area contributed by atoms with Crippen LogP contribution >= 0.6 is 0 Å². The zero-order valence-corrected chi connectivity index (χ0v) is 10.0. The predicted octanol–water partition coefficient (Wildman–Crippen LogP) is 3.39. The molecule has 0 bridgehead atoms. The molecule has 0 aromatic heterocycles. The highest BCUT2D eigenvalue weighted by Gasteiger charge is 2.05. The Balaban J connectivity index is 2.30. The van der Waals surface area contributed by atoms with Crippen LogP contribution in [0, 0.1) is 6.92 Å². The van der Waals surface area contributed by atoms with E-state index in [1.165, 1.54) is 24.1 Å². The van der Waals surface area contributed by atoms with Gasteiger partial charge in [-0.05, 0) is 33.1 Å². The fourth-order valence-electron chi connectivity index (χ4n) is 1.81. The lowest BCUT2D eigenvalue weighted by atomic mass is 10.1. The second-order valence-corrected chi connectivity index (χ2v) is 4.38. The molecule has 2 heteroatoms. The lowest BCUT2D eigenvalue weighted by Gasteiger charge is -2.08. The fourth-order valence-corrected chi connectivity index (χ4v) is 1.81. The van der Waals surface area contributed by atoms with Gasteiger partial charge >= 0.3 is 0 Å². The van der Waals surface area contributed by atoms with Gasteiger partial charge in [0.05, 0.1) is 0 Å². The quantitative estimate of drug-likeness (QED) is 0.684. The molecule has 0 N–H and O–H groups in total. The highest BCUT2D eigenvalue weighted by atomic mass is 14.9. The van der Waals surface area contributed by atoms with Crippen LogP contribution < -0.4 is 0 Å². The topological polar surface area (TPSA) is 24.7 Å². The van der Waals surface area contributed by atoms with E-state index >= 15 is 0 Å².